The molecule has 0 spiro atoms. The summed E-state index contributed by atoms with van der Waals surface area (Å²) >= 11 is 11.4. The standard InChI is InChI=1S/C29H29N7O.C28H29N7O2S.C24H25BrClN7.C21H20N4O/c1-35-14-9-25(10-15-35)37-28-17-27-23(16-26(28)22-4-2-11-30-18-22)19-31-29(34-27)33-24-7-5-21(6-8-24)20-36-13-3-12-32-36;1-34-11-7-23(8-12-34)37-26-14-25-20(13-24(26)27-31-22(17-36)18-38-27)15-29-28(33-25)32-21-5-3-19(4-6-21)16-35-10-2-9-30-35;1-31-3-5-33(6-4-31)14-16-7-17(19-13-28-32(2)15-19)10-21(8-16)29-24-27-12-18-9-20(25)11-22(26)23(18)30-24;1-3-15-9-14(2)20-16(10-15)12-23-21(25-20)24-17-5-4-6-18(11-17)26-19-7-8-22-13-19/h2-8,11-13,16-19,25H,9-10,14-15,20H2,1H3,(H,31,33,34);2-6,9-10,13-15,18,23,36H,7-8,11-12,16-17H2,1H3,(H,29,32,33);7-13,15H,3-6,14H2,1-2H3,(H,27,29,30);1,4-6,9-12,19,22H,7-8,13H2,2H3,(H,23,24,25)/t;;;19-/m...1/s1. The Bertz CT molecular complexity index is 6900. The minimum Gasteiger partial charge on any atom is -0.490 e. The van der Waals surface area contributed by atoms with Crippen molar-refractivity contribution in [1.29, 1.82) is 0 Å². The average molecular weight is 1890 g/mol. The summed E-state index contributed by atoms with van der Waals surface area (Å²) in [5.41, 5.74) is 18.1. The van der Waals surface area contributed by atoms with Crippen molar-refractivity contribution >= 4 is 129 Å². The van der Waals surface area contributed by atoms with Gasteiger partial charge in [0, 0.05) is 235 Å². The molecule has 0 bridgehead atoms. The van der Waals surface area contributed by atoms with Gasteiger partial charge in [-0.1, -0.05) is 69.8 Å². The summed E-state index contributed by atoms with van der Waals surface area (Å²) in [7, 11) is 8.41. The van der Waals surface area contributed by atoms with E-state index in [0.717, 1.165) is 255 Å². The highest BCUT2D eigenvalue weighted by molar-refractivity contribution is 9.10. The van der Waals surface area contributed by atoms with Crippen LogP contribution in [-0.2, 0) is 33.3 Å². The Balaban J connectivity index is 0.000000120. The first-order valence-electron chi connectivity index (χ1n) is 44.8. The van der Waals surface area contributed by atoms with E-state index in [-0.39, 0.29) is 24.9 Å². The third-order valence-electron chi connectivity index (χ3n) is 23.8. The van der Waals surface area contributed by atoms with Crippen molar-refractivity contribution in [1.82, 2.24) is 104 Å². The number of piperazine rings is 1. The van der Waals surface area contributed by atoms with Crippen molar-refractivity contribution in [2.24, 2.45) is 7.05 Å². The highest BCUT2D eigenvalue weighted by Crippen LogP contribution is 2.40. The quantitative estimate of drug-likeness (QED) is 0.0306. The maximum absolute atomic E-state index is 9.53. The molecule has 32 heteroatoms. The molecule has 0 saturated carbocycles. The number of aryl methyl sites for hydroxylation is 2. The Morgan fingerprint density at radius 2 is 1.09 bits per heavy atom. The largest absolute Gasteiger partial charge is 0.490 e. The number of hydrogen-bond donors (Lipinski definition) is 6. The topological polar surface area (TPSA) is 303 Å². The number of piperidine rings is 2. The number of nitrogens with one attached hydrogen (secondary N) is 5. The number of halogens is 2. The van der Waals surface area contributed by atoms with Crippen LogP contribution in [0.15, 0.2) is 248 Å². The maximum Gasteiger partial charge on any atom is 0.227 e. The van der Waals surface area contributed by atoms with Crippen molar-refractivity contribution in [3.05, 3.63) is 287 Å². The summed E-state index contributed by atoms with van der Waals surface area (Å²) in [4.78, 5) is 55.4. The molecule has 680 valence electrons. The fourth-order valence-corrected chi connectivity index (χ4v) is 18.2. The lowest BCUT2D eigenvalue weighted by Gasteiger charge is -2.32. The number of likely N-dealkylation sites (tertiary alicyclic amines) is 2. The lowest BCUT2D eigenvalue weighted by Crippen LogP contribution is -2.43. The Hall–Kier alpha value is -13.8. The molecule has 4 saturated heterocycles. The van der Waals surface area contributed by atoms with Crippen LogP contribution in [0.5, 0.6) is 17.2 Å². The van der Waals surface area contributed by atoms with Crippen molar-refractivity contribution < 1.29 is 19.3 Å². The van der Waals surface area contributed by atoms with E-state index in [1.807, 2.05) is 186 Å². The first-order valence-corrected chi connectivity index (χ1v) is 46.9. The van der Waals surface area contributed by atoms with Crippen LogP contribution in [0.2, 0.25) is 5.02 Å². The second-order valence-electron chi connectivity index (χ2n) is 34.0. The van der Waals surface area contributed by atoms with Gasteiger partial charge in [-0.2, -0.15) is 15.3 Å². The first kappa shape index (κ1) is 90.7. The Morgan fingerprint density at radius 3 is 1.66 bits per heavy atom. The van der Waals surface area contributed by atoms with E-state index in [2.05, 4.69) is 199 Å². The second kappa shape index (κ2) is 42.8. The number of aliphatic hydroxyl groups excluding tert-OH is 1. The Kier molecular flexibility index (Phi) is 29.0. The van der Waals surface area contributed by atoms with Crippen LogP contribution in [0.4, 0.5) is 46.5 Å². The van der Waals surface area contributed by atoms with Gasteiger partial charge in [0.1, 0.15) is 40.6 Å². The third kappa shape index (κ3) is 23.8. The number of fused-ring (bicyclic) bond motifs is 4. The van der Waals surface area contributed by atoms with E-state index in [4.69, 9.17) is 42.2 Å². The maximum atomic E-state index is 9.53. The number of nitrogens with zero attached hydrogens (tertiary/aromatic N) is 20. The molecule has 0 radical (unpaired) electrons. The van der Waals surface area contributed by atoms with E-state index >= 15 is 0 Å². The van der Waals surface area contributed by atoms with E-state index < -0.39 is 0 Å². The monoisotopic (exact) mass is 1890 g/mol. The van der Waals surface area contributed by atoms with Gasteiger partial charge in [0.15, 0.2) is 0 Å². The molecule has 134 heavy (non-hydrogen) atoms. The smallest absolute Gasteiger partial charge is 0.227 e. The molecule has 8 aromatic carbocycles. The van der Waals surface area contributed by atoms with Gasteiger partial charge in [-0.25, -0.2) is 44.9 Å². The fraction of sp³-hybridized carbons (Fsp3) is 0.265. The van der Waals surface area contributed by atoms with Crippen LogP contribution in [0.3, 0.4) is 0 Å². The molecule has 6 N–H and O–H groups in total. The number of anilines is 8. The summed E-state index contributed by atoms with van der Waals surface area (Å²) in [6, 6.07) is 54.5. The zero-order valence-corrected chi connectivity index (χ0v) is 78.3. The van der Waals surface area contributed by atoms with Gasteiger partial charge in [0.25, 0.3) is 0 Å². The van der Waals surface area contributed by atoms with E-state index in [0.29, 0.717) is 34.5 Å². The minimum absolute atomic E-state index is 0.0857. The zero-order valence-electron chi connectivity index (χ0n) is 75.1. The lowest BCUT2D eigenvalue weighted by molar-refractivity contribution is 0.115. The van der Waals surface area contributed by atoms with Gasteiger partial charge < -0.3 is 60.6 Å². The minimum atomic E-state index is -0.0857. The van der Waals surface area contributed by atoms with Crippen molar-refractivity contribution in [3.8, 4) is 62.4 Å². The van der Waals surface area contributed by atoms with Crippen molar-refractivity contribution in [2.45, 2.75) is 83.6 Å². The number of benzene rings is 8. The number of terminal acetylenes is 1. The molecule has 0 aliphatic carbocycles. The molecule has 21 rings (SSSR count). The normalized spacial score (nSPS) is 15.1. The fourth-order valence-electron chi connectivity index (χ4n) is 16.5. The van der Waals surface area contributed by atoms with Gasteiger partial charge in [0.2, 0.25) is 23.8 Å². The van der Waals surface area contributed by atoms with Crippen LogP contribution in [0.1, 0.15) is 65.6 Å². The summed E-state index contributed by atoms with van der Waals surface area (Å²) in [6.45, 7) is 14.6. The molecular weight excluding hydrogens is 1790 g/mol. The van der Waals surface area contributed by atoms with Crippen LogP contribution in [0.25, 0.3) is 76.4 Å². The average Bonchev–Trinajstić information content (AvgIpc) is 0.916. The molecule has 4 aliphatic heterocycles. The second-order valence-corrected chi connectivity index (χ2v) is 36.2. The molecular formula is C102H103BrClN25O4S. The number of aliphatic hydroxyl groups is 1. The SMILES string of the molecule is C#Cc1cc(C)c2nc(Nc3cccc(O[C@@H]4CCNC4)c3)ncc2c1.CN1CCC(Oc2cc3nc(Nc4ccc(Cn5cccn5)cc4)ncc3cc2-c2cccnc2)CC1.CN1CCC(Oc2cc3nc(Nc4ccc(Cn5cccn5)cc4)ncc3cc2-c2nc(CO)cs2)CC1.CN1CCN(Cc2cc(Nc3ncc4cc(Br)cc(Cl)c4n3)cc(-c3cnn(C)c3)c2)CC1. The highest BCUT2D eigenvalue weighted by Gasteiger charge is 2.26. The summed E-state index contributed by atoms with van der Waals surface area (Å²) < 4.78 is 25.6. The molecule has 4 fully saturated rings. The van der Waals surface area contributed by atoms with Crippen LogP contribution < -0.4 is 40.8 Å². The van der Waals surface area contributed by atoms with Gasteiger partial charge in [-0.15, -0.1) is 17.8 Å². The molecule has 0 amide bonds. The van der Waals surface area contributed by atoms with E-state index in [1.165, 1.54) is 22.5 Å². The number of aromatic nitrogens is 16. The molecule has 0 unspecified atom stereocenters. The highest BCUT2D eigenvalue weighted by atomic mass is 79.9. The number of rotatable bonds is 24. The number of thiazole rings is 1. The molecule has 13 heterocycles. The molecule has 17 aromatic rings. The zero-order chi connectivity index (χ0) is 91.8. The van der Waals surface area contributed by atoms with E-state index in [9.17, 15) is 5.11 Å². The van der Waals surface area contributed by atoms with Crippen LogP contribution >= 0.6 is 38.9 Å². The molecule has 9 aromatic heterocycles. The summed E-state index contributed by atoms with van der Waals surface area (Å²) in [5, 5.41) is 46.0. The lowest BCUT2D eigenvalue weighted by atomic mass is 10.0. The number of pyridine rings is 1. The predicted octanol–water partition coefficient (Wildman–Crippen LogP) is 18.2. The van der Waals surface area contributed by atoms with E-state index in [1.54, 1.807) is 31.0 Å². The van der Waals surface area contributed by atoms with Crippen LogP contribution in [-0.4, -0.2) is 209 Å². The Morgan fingerprint density at radius 1 is 0.500 bits per heavy atom. The summed E-state index contributed by atoms with van der Waals surface area (Å²) in [5.74, 6) is 7.24. The summed E-state index contributed by atoms with van der Waals surface area (Å²) in [6.07, 6.45) is 33.4. The number of hydrogen-bond acceptors (Lipinski definition) is 27. The first-order chi connectivity index (χ1) is 65.4. The van der Waals surface area contributed by atoms with Gasteiger partial charge in [-0.3, -0.25) is 23.9 Å². The van der Waals surface area contributed by atoms with Gasteiger partial charge in [-0.05, 0) is 204 Å². The molecule has 1 atom stereocenters. The number of likely N-dealkylation sites (N-methyl/N-ethyl adjacent to an activating group) is 1. The number of ether oxygens (including phenoxy) is 3. The van der Waals surface area contributed by atoms with Crippen LogP contribution in [0, 0.1) is 19.3 Å². The Labute approximate surface area is 794 Å². The molecule has 4 aliphatic rings. The predicted molar refractivity (Wildman–Crippen MR) is 535 cm³/mol. The van der Waals surface area contributed by atoms with Crippen molar-refractivity contribution in [2.75, 3.05) is 108 Å². The molecule has 29 nitrogen and oxygen atoms in total. The van der Waals surface area contributed by atoms with Crippen molar-refractivity contribution in [3.63, 3.8) is 0 Å². The van der Waals surface area contributed by atoms with Gasteiger partial charge >= 0.3 is 0 Å². The van der Waals surface area contributed by atoms with Gasteiger partial charge in [0.05, 0.1) is 64.2 Å². The third-order valence-corrected chi connectivity index (χ3v) is 25.4.